The molecule has 3 aromatic carbocycles. The number of hydrogen-bond donors (Lipinski definition) is 1. The second-order valence-electron chi connectivity index (χ2n) is 9.17. The molecular formula is C28H33FN2O4S. The van der Waals surface area contributed by atoms with Crippen molar-refractivity contribution >= 4 is 21.6 Å². The highest BCUT2D eigenvalue weighted by Gasteiger charge is 2.29. The number of hydrogen-bond acceptors (Lipinski definition) is 4. The van der Waals surface area contributed by atoms with Crippen molar-refractivity contribution < 1.29 is 22.3 Å². The first-order valence-electron chi connectivity index (χ1n) is 11.8. The molecule has 0 aliphatic carbocycles. The van der Waals surface area contributed by atoms with E-state index in [9.17, 15) is 17.6 Å². The Bertz CT molecular complexity index is 1340. The minimum Gasteiger partial charge on any atom is -0.496 e. The van der Waals surface area contributed by atoms with Crippen LogP contribution in [0.2, 0.25) is 0 Å². The van der Waals surface area contributed by atoms with Crippen molar-refractivity contribution in [3.8, 4) is 5.75 Å². The summed E-state index contributed by atoms with van der Waals surface area (Å²) in [4.78, 5) is 13.1. The molecule has 0 aliphatic rings. The highest BCUT2D eigenvalue weighted by atomic mass is 32.2. The van der Waals surface area contributed by atoms with Gasteiger partial charge in [-0.25, -0.2) is 12.8 Å². The van der Waals surface area contributed by atoms with E-state index in [2.05, 4.69) is 19.2 Å². The Hall–Kier alpha value is -3.39. The summed E-state index contributed by atoms with van der Waals surface area (Å²) in [7, 11) is -2.59. The van der Waals surface area contributed by atoms with Gasteiger partial charge in [0.2, 0.25) is 5.91 Å². The normalized spacial score (nSPS) is 12.3. The third kappa shape index (κ3) is 5.87. The number of carbonyl (C=O) groups excluding carboxylic acids is 1. The van der Waals surface area contributed by atoms with Crippen molar-refractivity contribution in [3.05, 3.63) is 88.7 Å². The predicted molar refractivity (Wildman–Crippen MR) is 140 cm³/mol. The molecule has 1 amide bonds. The molecule has 0 aliphatic heterocycles. The van der Waals surface area contributed by atoms with Gasteiger partial charge in [-0.1, -0.05) is 43.7 Å². The van der Waals surface area contributed by atoms with E-state index in [1.165, 1.54) is 36.4 Å². The molecule has 36 heavy (non-hydrogen) atoms. The standard InChI is InChI=1S/C28H33FN2O4S/c1-18(2)23-16-24(20(4)15-27(23)35-6)21(5)30-28(32)17-31(26-10-8-7-9-25(26)29)36(33,34)22-13-11-19(3)12-14-22/h7-16,18,21H,17H2,1-6H3,(H,30,32)/t21-/m1/s1. The number of methoxy groups -OCH3 is 1. The number of carbonyl (C=O) groups is 1. The van der Waals surface area contributed by atoms with Crippen LogP contribution >= 0.6 is 0 Å². The van der Waals surface area contributed by atoms with E-state index in [4.69, 9.17) is 4.74 Å². The average molecular weight is 513 g/mol. The SMILES string of the molecule is COc1cc(C)c([C@@H](C)NC(=O)CN(c2ccccc2F)S(=O)(=O)c2ccc(C)cc2)cc1C(C)C. The third-order valence-corrected chi connectivity index (χ3v) is 7.88. The van der Waals surface area contributed by atoms with Crippen LogP contribution in [0.1, 0.15) is 55.0 Å². The topological polar surface area (TPSA) is 75.7 Å². The zero-order chi connectivity index (χ0) is 26.6. The zero-order valence-electron chi connectivity index (χ0n) is 21.5. The summed E-state index contributed by atoms with van der Waals surface area (Å²) >= 11 is 0. The first-order chi connectivity index (χ1) is 16.9. The Morgan fingerprint density at radius 1 is 1.00 bits per heavy atom. The van der Waals surface area contributed by atoms with Crippen LogP contribution in [0.3, 0.4) is 0 Å². The molecule has 0 radical (unpaired) electrons. The summed E-state index contributed by atoms with van der Waals surface area (Å²) in [5, 5.41) is 2.88. The fourth-order valence-corrected chi connectivity index (χ4v) is 5.53. The Labute approximate surface area is 213 Å². The molecule has 0 spiro atoms. The van der Waals surface area contributed by atoms with Crippen molar-refractivity contribution in [1.82, 2.24) is 5.32 Å². The van der Waals surface area contributed by atoms with Crippen LogP contribution in [-0.2, 0) is 14.8 Å². The van der Waals surface area contributed by atoms with Gasteiger partial charge in [0.25, 0.3) is 10.0 Å². The van der Waals surface area contributed by atoms with Crippen molar-refractivity contribution in [2.75, 3.05) is 18.0 Å². The fourth-order valence-electron chi connectivity index (χ4n) is 4.10. The number of para-hydroxylation sites is 1. The molecule has 1 N–H and O–H groups in total. The van der Waals surface area contributed by atoms with Crippen LogP contribution in [0.15, 0.2) is 65.6 Å². The molecule has 6 nitrogen and oxygen atoms in total. The lowest BCUT2D eigenvalue weighted by molar-refractivity contribution is -0.120. The van der Waals surface area contributed by atoms with E-state index in [1.807, 2.05) is 32.9 Å². The Morgan fingerprint density at radius 2 is 1.64 bits per heavy atom. The second-order valence-corrected chi connectivity index (χ2v) is 11.0. The summed E-state index contributed by atoms with van der Waals surface area (Å²) < 4.78 is 48.0. The van der Waals surface area contributed by atoms with E-state index >= 15 is 0 Å². The smallest absolute Gasteiger partial charge is 0.264 e. The number of sulfonamides is 1. The molecule has 0 aromatic heterocycles. The lowest BCUT2D eigenvalue weighted by atomic mass is 9.93. The van der Waals surface area contributed by atoms with Crippen LogP contribution in [0, 0.1) is 19.7 Å². The molecule has 0 heterocycles. The summed E-state index contributed by atoms with van der Waals surface area (Å²) in [5.41, 5.74) is 3.53. The van der Waals surface area contributed by atoms with Crippen molar-refractivity contribution in [3.63, 3.8) is 0 Å². The highest BCUT2D eigenvalue weighted by Crippen LogP contribution is 2.32. The molecule has 192 valence electrons. The monoisotopic (exact) mass is 512 g/mol. The molecule has 0 saturated heterocycles. The molecule has 8 heteroatoms. The fraction of sp³-hybridized carbons (Fsp3) is 0.321. The first kappa shape index (κ1) is 27.2. The number of nitrogens with one attached hydrogen (secondary N) is 1. The number of halogens is 1. The van der Waals surface area contributed by atoms with E-state index in [1.54, 1.807) is 19.2 Å². The maximum absolute atomic E-state index is 14.7. The number of nitrogens with zero attached hydrogens (tertiary/aromatic N) is 1. The number of ether oxygens (including phenoxy) is 1. The van der Waals surface area contributed by atoms with Crippen LogP contribution in [0.4, 0.5) is 10.1 Å². The maximum Gasteiger partial charge on any atom is 0.264 e. The van der Waals surface area contributed by atoms with Gasteiger partial charge >= 0.3 is 0 Å². The van der Waals surface area contributed by atoms with Gasteiger partial charge in [-0.05, 0) is 79.8 Å². The van der Waals surface area contributed by atoms with Gasteiger partial charge < -0.3 is 10.1 Å². The Balaban J connectivity index is 1.93. The van der Waals surface area contributed by atoms with E-state index < -0.39 is 34.3 Å². The van der Waals surface area contributed by atoms with Crippen LogP contribution in [0.5, 0.6) is 5.75 Å². The van der Waals surface area contributed by atoms with Gasteiger partial charge in [-0.15, -0.1) is 0 Å². The lowest BCUT2D eigenvalue weighted by Gasteiger charge is -2.26. The maximum atomic E-state index is 14.7. The summed E-state index contributed by atoms with van der Waals surface area (Å²) in [5.74, 6) is -0.303. The van der Waals surface area contributed by atoms with Gasteiger partial charge in [0.1, 0.15) is 18.1 Å². The van der Waals surface area contributed by atoms with Gasteiger partial charge in [-0.3, -0.25) is 9.10 Å². The van der Waals surface area contributed by atoms with Crippen molar-refractivity contribution in [2.45, 2.75) is 51.5 Å². The number of benzene rings is 3. The van der Waals surface area contributed by atoms with Gasteiger partial charge in [0.05, 0.1) is 23.7 Å². The number of anilines is 1. The van der Waals surface area contributed by atoms with Gasteiger partial charge in [0, 0.05) is 0 Å². The van der Waals surface area contributed by atoms with Gasteiger partial charge in [-0.2, -0.15) is 0 Å². The average Bonchev–Trinajstić information content (AvgIpc) is 2.82. The molecule has 3 rings (SSSR count). The molecule has 0 fully saturated rings. The van der Waals surface area contributed by atoms with Crippen LogP contribution in [0.25, 0.3) is 0 Å². The zero-order valence-corrected chi connectivity index (χ0v) is 22.3. The summed E-state index contributed by atoms with van der Waals surface area (Å²) in [6.45, 7) is 9.14. The van der Waals surface area contributed by atoms with Crippen molar-refractivity contribution in [2.24, 2.45) is 0 Å². The van der Waals surface area contributed by atoms with Crippen molar-refractivity contribution in [1.29, 1.82) is 0 Å². The quantitative estimate of drug-likeness (QED) is 0.402. The van der Waals surface area contributed by atoms with E-state index in [-0.39, 0.29) is 16.5 Å². The number of aryl methyl sites for hydroxylation is 2. The largest absolute Gasteiger partial charge is 0.496 e. The highest BCUT2D eigenvalue weighted by molar-refractivity contribution is 7.92. The Morgan fingerprint density at radius 3 is 2.22 bits per heavy atom. The minimum atomic E-state index is -4.21. The van der Waals surface area contributed by atoms with Gasteiger partial charge in [0.15, 0.2) is 0 Å². The minimum absolute atomic E-state index is 0.0234. The van der Waals surface area contributed by atoms with Crippen LogP contribution in [-0.4, -0.2) is 28.0 Å². The van der Waals surface area contributed by atoms with E-state index in [0.717, 1.165) is 32.3 Å². The third-order valence-electron chi connectivity index (χ3n) is 6.10. The Kier molecular flexibility index (Phi) is 8.40. The first-order valence-corrected chi connectivity index (χ1v) is 13.2. The summed E-state index contributed by atoms with van der Waals surface area (Å²) in [6, 6.07) is 15.3. The number of rotatable bonds is 9. The molecular weight excluding hydrogens is 479 g/mol. The molecule has 3 aromatic rings. The van der Waals surface area contributed by atoms with E-state index in [0.29, 0.717) is 0 Å². The predicted octanol–water partition coefficient (Wildman–Crippen LogP) is 5.65. The van der Waals surface area contributed by atoms with Crippen LogP contribution < -0.4 is 14.4 Å². The number of amides is 1. The lowest BCUT2D eigenvalue weighted by Crippen LogP contribution is -2.42. The summed E-state index contributed by atoms with van der Waals surface area (Å²) in [6.07, 6.45) is 0. The molecule has 0 bridgehead atoms. The molecule has 1 atom stereocenters. The second kappa shape index (κ2) is 11.1. The molecule has 0 saturated carbocycles. The molecule has 0 unspecified atom stereocenters.